The molecule has 4 heterocycles. The maximum Gasteiger partial charge on any atom is 0.260 e. The molecule has 6 rings (SSSR count). The van der Waals surface area contributed by atoms with Crippen LogP contribution < -0.4 is 19.9 Å². The number of aromatic nitrogens is 1. The topological polar surface area (TPSA) is 84.5 Å². The normalized spacial score (nSPS) is 18.2. The van der Waals surface area contributed by atoms with E-state index in [9.17, 15) is 9.59 Å². The number of benzene rings is 2. The number of para-hydroxylation sites is 1. The number of nitrogens with one attached hydrogen (secondary N) is 1. The summed E-state index contributed by atoms with van der Waals surface area (Å²) in [5.74, 6) is 1.17. The van der Waals surface area contributed by atoms with Crippen molar-refractivity contribution in [3.05, 3.63) is 65.9 Å². The fourth-order valence-corrected chi connectivity index (χ4v) is 6.38. The van der Waals surface area contributed by atoms with Crippen molar-refractivity contribution >= 4 is 40.4 Å². The molecule has 3 aliphatic rings. The summed E-state index contributed by atoms with van der Waals surface area (Å²) in [6.45, 7) is 8.38. The van der Waals surface area contributed by atoms with Crippen LogP contribution in [0.1, 0.15) is 40.5 Å². The second-order valence-corrected chi connectivity index (χ2v) is 11.6. The first-order valence-electron chi connectivity index (χ1n) is 15.2. The number of hydrogen-bond donors (Lipinski definition) is 1. The van der Waals surface area contributed by atoms with E-state index >= 15 is 0 Å². The van der Waals surface area contributed by atoms with Crippen molar-refractivity contribution in [2.24, 2.45) is 0 Å². The molecule has 0 saturated carbocycles. The zero-order chi connectivity index (χ0) is 30.1. The van der Waals surface area contributed by atoms with Gasteiger partial charge in [-0.25, -0.2) is 4.98 Å². The summed E-state index contributed by atoms with van der Waals surface area (Å²) in [7, 11) is 5.90. The van der Waals surface area contributed by atoms with E-state index in [1.807, 2.05) is 72.3 Å². The van der Waals surface area contributed by atoms with Crippen molar-refractivity contribution in [1.29, 1.82) is 0 Å². The van der Waals surface area contributed by atoms with E-state index in [1.165, 1.54) is 0 Å². The van der Waals surface area contributed by atoms with Gasteiger partial charge >= 0.3 is 0 Å². The van der Waals surface area contributed by atoms with E-state index in [0.717, 1.165) is 74.9 Å². The zero-order valence-corrected chi connectivity index (χ0v) is 25.5. The molecule has 0 unspecified atom stereocenters. The molecule has 43 heavy (non-hydrogen) atoms. The summed E-state index contributed by atoms with van der Waals surface area (Å²) in [6.07, 6.45) is 3.73. The second-order valence-electron chi connectivity index (χ2n) is 11.6. The molecule has 2 amide bonds. The number of piperidine rings is 1. The number of likely N-dealkylation sites (tertiary alicyclic amines) is 1. The number of nitrogens with zero attached hydrogens (tertiary/aromatic N) is 6. The number of likely N-dealkylation sites (N-methyl/N-ethyl adjacent to an activating group) is 1. The lowest BCUT2D eigenvalue weighted by molar-refractivity contribution is 0.0518. The summed E-state index contributed by atoms with van der Waals surface area (Å²) < 4.78 is 5.99. The molecule has 1 aromatic heterocycles. The Morgan fingerprint density at radius 3 is 2.40 bits per heavy atom. The van der Waals surface area contributed by atoms with Crippen molar-refractivity contribution in [2.75, 3.05) is 82.1 Å². The molecule has 3 aliphatic heterocycles. The van der Waals surface area contributed by atoms with Gasteiger partial charge in [-0.05, 0) is 57.1 Å². The molecular formula is C33H41N7O3. The van der Waals surface area contributed by atoms with Gasteiger partial charge in [-0.15, -0.1) is 0 Å². The van der Waals surface area contributed by atoms with Crippen LogP contribution in [0.25, 0.3) is 0 Å². The van der Waals surface area contributed by atoms with E-state index in [2.05, 4.69) is 27.1 Å². The van der Waals surface area contributed by atoms with E-state index in [4.69, 9.17) is 4.74 Å². The molecular weight excluding hydrogens is 542 g/mol. The quantitative estimate of drug-likeness (QED) is 0.456. The molecule has 0 bridgehead atoms. The largest absolute Gasteiger partial charge is 0.492 e. The molecule has 2 saturated heterocycles. The molecule has 1 N–H and O–H groups in total. The first kappa shape index (κ1) is 28.9. The maximum atomic E-state index is 13.5. The Labute approximate surface area is 253 Å². The van der Waals surface area contributed by atoms with Crippen molar-refractivity contribution in [3.8, 4) is 5.75 Å². The van der Waals surface area contributed by atoms with Gasteiger partial charge in [0.15, 0.2) is 0 Å². The third-order valence-electron chi connectivity index (χ3n) is 8.98. The molecule has 2 aromatic carbocycles. The molecule has 0 spiro atoms. The Bertz CT molecular complexity index is 1500. The van der Waals surface area contributed by atoms with Gasteiger partial charge in [0, 0.05) is 71.0 Å². The fraction of sp³-hybridized carbons (Fsp3) is 0.424. The van der Waals surface area contributed by atoms with Gasteiger partial charge in [0.1, 0.15) is 11.6 Å². The van der Waals surface area contributed by atoms with Gasteiger partial charge in [-0.1, -0.05) is 12.1 Å². The minimum atomic E-state index is -0.0776. The molecule has 2 fully saturated rings. The smallest absolute Gasteiger partial charge is 0.260 e. The minimum Gasteiger partial charge on any atom is -0.492 e. The number of carbonyl (C=O) groups excluding carboxylic acids is 2. The van der Waals surface area contributed by atoms with Crippen molar-refractivity contribution < 1.29 is 14.3 Å². The van der Waals surface area contributed by atoms with Crippen LogP contribution in [0.4, 0.5) is 28.6 Å². The number of pyridine rings is 1. The number of carbonyl (C=O) groups is 2. The number of amides is 2. The molecule has 0 radical (unpaired) electrons. The summed E-state index contributed by atoms with van der Waals surface area (Å²) in [5, 5.41) is 3.39. The van der Waals surface area contributed by atoms with Gasteiger partial charge in [0.05, 0.1) is 41.1 Å². The van der Waals surface area contributed by atoms with E-state index in [-0.39, 0.29) is 11.8 Å². The van der Waals surface area contributed by atoms with Gasteiger partial charge < -0.3 is 29.7 Å². The lowest BCUT2D eigenvalue weighted by atomic mass is 10.0. The van der Waals surface area contributed by atoms with Crippen LogP contribution in [0.5, 0.6) is 5.75 Å². The predicted octanol–water partition coefficient (Wildman–Crippen LogP) is 4.43. The summed E-state index contributed by atoms with van der Waals surface area (Å²) in [5.41, 5.74) is 4.39. The summed E-state index contributed by atoms with van der Waals surface area (Å²) in [4.78, 5) is 41.9. The Hall–Kier alpha value is -4.15. The van der Waals surface area contributed by atoms with Crippen LogP contribution in [0.15, 0.2) is 54.7 Å². The number of hydrogen-bond acceptors (Lipinski definition) is 8. The summed E-state index contributed by atoms with van der Waals surface area (Å²) >= 11 is 0. The van der Waals surface area contributed by atoms with Crippen molar-refractivity contribution in [1.82, 2.24) is 19.7 Å². The van der Waals surface area contributed by atoms with Crippen LogP contribution in [-0.2, 0) is 0 Å². The lowest BCUT2D eigenvalue weighted by Crippen LogP contribution is -2.52. The number of anilines is 5. The fourth-order valence-electron chi connectivity index (χ4n) is 6.38. The van der Waals surface area contributed by atoms with Crippen LogP contribution >= 0.6 is 0 Å². The third-order valence-corrected chi connectivity index (χ3v) is 8.98. The Kier molecular flexibility index (Phi) is 8.23. The zero-order valence-electron chi connectivity index (χ0n) is 25.5. The SMILES string of the molecule is CCOc1cc(C(=O)N2CCC(N3CCN(C)CC3)CC2)ccc1Nc1cc2c(cn1)N(C)C(=O)c1ccccc1N2C. The predicted molar refractivity (Wildman–Crippen MR) is 170 cm³/mol. The van der Waals surface area contributed by atoms with Gasteiger partial charge in [0.25, 0.3) is 11.8 Å². The van der Waals surface area contributed by atoms with Crippen LogP contribution in [0.3, 0.4) is 0 Å². The molecule has 3 aromatic rings. The van der Waals surface area contributed by atoms with E-state index < -0.39 is 0 Å². The van der Waals surface area contributed by atoms with E-state index in [0.29, 0.717) is 35.3 Å². The average molecular weight is 584 g/mol. The Morgan fingerprint density at radius 2 is 1.65 bits per heavy atom. The molecule has 226 valence electrons. The van der Waals surface area contributed by atoms with E-state index in [1.54, 1.807) is 18.1 Å². The highest BCUT2D eigenvalue weighted by Gasteiger charge is 2.30. The minimum absolute atomic E-state index is 0.0421. The van der Waals surface area contributed by atoms with Gasteiger partial charge in [0.2, 0.25) is 0 Å². The van der Waals surface area contributed by atoms with Gasteiger partial charge in [-0.2, -0.15) is 0 Å². The highest BCUT2D eigenvalue weighted by atomic mass is 16.5. The average Bonchev–Trinajstić information content (AvgIpc) is 3.11. The number of piperazine rings is 1. The third kappa shape index (κ3) is 5.77. The van der Waals surface area contributed by atoms with Crippen LogP contribution in [0, 0.1) is 0 Å². The van der Waals surface area contributed by atoms with Gasteiger partial charge in [-0.3, -0.25) is 14.5 Å². The number of fused-ring (bicyclic) bond motifs is 2. The standard InChI is InChI=1S/C33H41N7O3/c1-5-43-30-20-23(32(41)40-14-12-24(13-15-40)39-18-16-36(2)17-19-39)10-11-26(30)35-31-21-28-29(22-34-31)38(4)33(42)25-8-6-7-9-27(25)37(28)3/h6-11,20-22,24H,5,12-19H2,1-4H3,(H,34,35). The van der Waals surface area contributed by atoms with Crippen LogP contribution in [0.2, 0.25) is 0 Å². The molecule has 0 atom stereocenters. The van der Waals surface area contributed by atoms with Crippen molar-refractivity contribution in [2.45, 2.75) is 25.8 Å². The van der Waals surface area contributed by atoms with Crippen molar-refractivity contribution in [3.63, 3.8) is 0 Å². The summed E-state index contributed by atoms with van der Waals surface area (Å²) in [6, 6.07) is 15.7. The number of ether oxygens (including phenoxy) is 1. The first-order valence-corrected chi connectivity index (χ1v) is 15.2. The number of rotatable bonds is 6. The molecule has 10 nitrogen and oxygen atoms in total. The maximum absolute atomic E-state index is 13.5. The molecule has 0 aliphatic carbocycles. The monoisotopic (exact) mass is 583 g/mol. The lowest BCUT2D eigenvalue weighted by Gasteiger charge is -2.42. The highest BCUT2D eigenvalue weighted by molar-refractivity contribution is 6.13. The molecule has 10 heteroatoms. The first-order chi connectivity index (χ1) is 20.8. The highest BCUT2D eigenvalue weighted by Crippen LogP contribution is 2.40. The second kappa shape index (κ2) is 12.2. The van der Waals surface area contributed by atoms with Crippen LogP contribution in [-0.4, -0.2) is 105 Å². The Balaban J connectivity index is 1.18. The Morgan fingerprint density at radius 1 is 0.907 bits per heavy atom.